The maximum absolute atomic E-state index is 12.6. The second-order valence-corrected chi connectivity index (χ2v) is 14.6. The average Bonchev–Trinajstić information content (AvgIpc) is 2.90. The molecule has 1 heterocycles. The Morgan fingerprint density at radius 3 is 1.97 bits per heavy atom. The number of amides is 1. The van der Waals surface area contributed by atoms with Crippen molar-refractivity contribution in [2.75, 3.05) is 13.7 Å². The summed E-state index contributed by atoms with van der Waals surface area (Å²) in [6, 6.07) is 18.6. The molecule has 0 saturated carbocycles. The minimum atomic E-state index is -3.20. The number of hydrogen-bond donors (Lipinski definition) is 4. The number of methoxy groups -OCH3 is 1. The molecule has 0 spiro atoms. The van der Waals surface area contributed by atoms with Gasteiger partial charge in [-0.3, -0.25) is 4.79 Å². The molecule has 0 aliphatic carbocycles. The highest BCUT2D eigenvalue weighted by molar-refractivity contribution is 6.99. The van der Waals surface area contributed by atoms with Crippen LogP contribution in [0.15, 0.2) is 72.5 Å². The standard InChI is InChI=1S/C28H37NO8Si/c1-18(31)29-24-22(16-23(27(34)35-5)36-26(24)25(33)21(32)17-30)37-38(28(2,3)4,19-12-8-6-9-13-19)20-14-10-7-11-15-20/h6-16,21-22,24-26,30,32-33H,17H2,1-5H3,(H,29,31)/t21-,22?,24+,25-,26-/m1/s1. The zero-order chi connectivity index (χ0) is 28.1. The molecule has 9 nitrogen and oxygen atoms in total. The van der Waals surface area contributed by atoms with Gasteiger partial charge in [-0.15, -0.1) is 0 Å². The van der Waals surface area contributed by atoms with Gasteiger partial charge in [0.15, 0.2) is 6.10 Å². The van der Waals surface area contributed by atoms with Crippen LogP contribution in [0, 0.1) is 0 Å². The zero-order valence-electron chi connectivity index (χ0n) is 22.3. The first-order chi connectivity index (χ1) is 18.0. The van der Waals surface area contributed by atoms with E-state index in [2.05, 4.69) is 26.1 Å². The molecule has 0 fully saturated rings. The molecule has 0 radical (unpaired) electrons. The largest absolute Gasteiger partial charge is 0.478 e. The quantitative estimate of drug-likeness (QED) is 0.267. The molecule has 3 rings (SSSR count). The predicted molar refractivity (Wildman–Crippen MR) is 144 cm³/mol. The minimum Gasteiger partial charge on any atom is -0.478 e. The fourth-order valence-corrected chi connectivity index (χ4v) is 9.56. The number of hydrogen-bond acceptors (Lipinski definition) is 8. The van der Waals surface area contributed by atoms with Crippen LogP contribution in [0.5, 0.6) is 0 Å². The Bertz CT molecular complexity index is 1080. The van der Waals surface area contributed by atoms with Crippen molar-refractivity contribution < 1.29 is 38.8 Å². The maximum Gasteiger partial charge on any atom is 0.373 e. The van der Waals surface area contributed by atoms with E-state index in [1.165, 1.54) is 20.1 Å². The number of aliphatic hydroxyl groups is 3. The summed E-state index contributed by atoms with van der Waals surface area (Å²) in [5, 5.41) is 34.9. The Balaban J connectivity index is 2.27. The third-order valence-electron chi connectivity index (χ3n) is 6.69. The number of benzene rings is 2. The fraction of sp³-hybridized carbons (Fsp3) is 0.429. The molecular formula is C28H37NO8Si. The van der Waals surface area contributed by atoms with Crippen LogP contribution in [0.1, 0.15) is 27.7 Å². The van der Waals surface area contributed by atoms with E-state index in [-0.39, 0.29) is 5.76 Å². The Kier molecular flexibility index (Phi) is 9.50. The summed E-state index contributed by atoms with van der Waals surface area (Å²) < 4.78 is 17.8. The molecule has 1 aliphatic heterocycles. The SMILES string of the molecule is COC(=O)C1=CC(O[Si](c2ccccc2)(c2ccccc2)C(C)(C)C)[C@H](NC(C)=O)[C@H]([C@H](O)[C@H](O)CO)O1. The Morgan fingerprint density at radius 2 is 1.55 bits per heavy atom. The first-order valence-corrected chi connectivity index (χ1v) is 14.4. The molecule has 2 aromatic rings. The van der Waals surface area contributed by atoms with Gasteiger partial charge in [-0.2, -0.15) is 0 Å². The second-order valence-electron chi connectivity index (χ2n) is 10.3. The summed E-state index contributed by atoms with van der Waals surface area (Å²) in [6.07, 6.45) is -4.11. The van der Waals surface area contributed by atoms with Crippen molar-refractivity contribution in [1.82, 2.24) is 5.32 Å². The van der Waals surface area contributed by atoms with Crippen LogP contribution in [-0.2, 0) is 23.5 Å². The molecule has 0 aromatic heterocycles. The number of aliphatic hydroxyl groups excluding tert-OH is 3. The number of rotatable bonds is 9. The molecule has 4 N–H and O–H groups in total. The Labute approximate surface area is 224 Å². The van der Waals surface area contributed by atoms with Crippen LogP contribution in [0.4, 0.5) is 0 Å². The lowest BCUT2D eigenvalue weighted by molar-refractivity contribution is -0.151. The van der Waals surface area contributed by atoms with Gasteiger partial charge in [-0.25, -0.2) is 4.79 Å². The summed E-state index contributed by atoms with van der Waals surface area (Å²) >= 11 is 0. The smallest absolute Gasteiger partial charge is 0.373 e. The van der Waals surface area contributed by atoms with E-state index in [0.717, 1.165) is 10.4 Å². The Morgan fingerprint density at radius 1 is 1.03 bits per heavy atom. The summed E-state index contributed by atoms with van der Waals surface area (Å²) in [4.78, 5) is 24.9. The average molecular weight is 544 g/mol. The molecule has 1 unspecified atom stereocenters. The third kappa shape index (κ3) is 6.00. The van der Waals surface area contributed by atoms with Crippen molar-refractivity contribution >= 4 is 30.6 Å². The lowest BCUT2D eigenvalue weighted by Crippen LogP contribution is -2.70. The van der Waals surface area contributed by atoms with Crippen LogP contribution in [-0.4, -0.2) is 79.7 Å². The molecule has 0 bridgehead atoms. The predicted octanol–water partition coefficient (Wildman–Crippen LogP) is 0.606. The monoisotopic (exact) mass is 543 g/mol. The van der Waals surface area contributed by atoms with Gasteiger partial charge in [0.2, 0.25) is 11.7 Å². The van der Waals surface area contributed by atoms with Crippen LogP contribution in [0.2, 0.25) is 5.04 Å². The van der Waals surface area contributed by atoms with Gasteiger partial charge < -0.3 is 34.5 Å². The van der Waals surface area contributed by atoms with E-state index in [1.807, 2.05) is 60.7 Å². The van der Waals surface area contributed by atoms with Crippen molar-refractivity contribution in [2.24, 2.45) is 0 Å². The second kappa shape index (κ2) is 12.2. The van der Waals surface area contributed by atoms with Crippen LogP contribution in [0.3, 0.4) is 0 Å². The molecule has 0 saturated heterocycles. The highest BCUT2D eigenvalue weighted by atomic mass is 28.4. The highest BCUT2D eigenvalue weighted by Crippen LogP contribution is 2.39. The maximum atomic E-state index is 12.6. The molecule has 10 heteroatoms. The summed E-state index contributed by atoms with van der Waals surface area (Å²) in [5.41, 5.74) is 0. The Hall–Kier alpha value is -3.02. The summed E-state index contributed by atoms with van der Waals surface area (Å²) in [5.74, 6) is -1.47. The molecule has 5 atom stereocenters. The van der Waals surface area contributed by atoms with Crippen LogP contribution in [0.25, 0.3) is 0 Å². The molecule has 1 amide bonds. The van der Waals surface area contributed by atoms with E-state index in [4.69, 9.17) is 13.9 Å². The van der Waals surface area contributed by atoms with Crippen molar-refractivity contribution in [3.05, 3.63) is 72.5 Å². The number of carbonyl (C=O) groups excluding carboxylic acids is 2. The van der Waals surface area contributed by atoms with E-state index in [0.29, 0.717) is 0 Å². The number of ether oxygens (including phenoxy) is 2. The molecule has 38 heavy (non-hydrogen) atoms. The number of carbonyl (C=O) groups is 2. The van der Waals surface area contributed by atoms with Crippen molar-refractivity contribution in [3.8, 4) is 0 Å². The van der Waals surface area contributed by atoms with Crippen molar-refractivity contribution in [2.45, 2.75) is 63.2 Å². The fourth-order valence-electron chi connectivity index (χ4n) is 4.93. The lowest BCUT2D eigenvalue weighted by Gasteiger charge is -2.48. The lowest BCUT2D eigenvalue weighted by atomic mass is 9.94. The van der Waals surface area contributed by atoms with E-state index < -0.39 is 62.3 Å². The number of nitrogens with one attached hydrogen (secondary N) is 1. The van der Waals surface area contributed by atoms with E-state index >= 15 is 0 Å². The normalized spacial score (nSPS) is 21.5. The summed E-state index contributed by atoms with van der Waals surface area (Å²) in [7, 11) is -2.01. The topological polar surface area (TPSA) is 135 Å². The van der Waals surface area contributed by atoms with E-state index in [9.17, 15) is 24.9 Å². The minimum absolute atomic E-state index is 0.230. The van der Waals surface area contributed by atoms with Gasteiger partial charge in [-0.1, -0.05) is 81.4 Å². The molecule has 1 aliphatic rings. The van der Waals surface area contributed by atoms with Crippen molar-refractivity contribution in [1.29, 1.82) is 0 Å². The van der Waals surface area contributed by atoms with E-state index in [1.54, 1.807) is 0 Å². The molecule has 206 valence electrons. The first-order valence-electron chi connectivity index (χ1n) is 12.5. The molecular weight excluding hydrogens is 506 g/mol. The molecule has 2 aromatic carbocycles. The van der Waals surface area contributed by atoms with Crippen LogP contribution < -0.4 is 15.7 Å². The van der Waals surface area contributed by atoms with Gasteiger partial charge in [0.25, 0.3) is 8.32 Å². The zero-order valence-corrected chi connectivity index (χ0v) is 23.3. The summed E-state index contributed by atoms with van der Waals surface area (Å²) in [6.45, 7) is 6.80. The van der Waals surface area contributed by atoms with Crippen LogP contribution >= 0.6 is 0 Å². The van der Waals surface area contributed by atoms with Gasteiger partial charge in [0, 0.05) is 6.92 Å². The highest BCUT2D eigenvalue weighted by Gasteiger charge is 2.54. The van der Waals surface area contributed by atoms with Gasteiger partial charge in [-0.05, 0) is 21.5 Å². The van der Waals surface area contributed by atoms with Gasteiger partial charge in [0.05, 0.1) is 25.9 Å². The van der Waals surface area contributed by atoms with Gasteiger partial charge >= 0.3 is 5.97 Å². The third-order valence-corrected chi connectivity index (χ3v) is 11.7. The van der Waals surface area contributed by atoms with Gasteiger partial charge in [0.1, 0.15) is 12.2 Å². The first kappa shape index (κ1) is 29.5. The van der Waals surface area contributed by atoms with Crippen molar-refractivity contribution in [3.63, 3.8) is 0 Å². The number of esters is 1.